The van der Waals surface area contributed by atoms with Crippen LogP contribution in [0.15, 0.2) is 6.07 Å². The lowest BCUT2D eigenvalue weighted by Gasteiger charge is -2.24. The molecular weight excluding hydrogens is 238 g/mol. The van der Waals surface area contributed by atoms with Crippen LogP contribution < -0.4 is 10.2 Å². The summed E-state index contributed by atoms with van der Waals surface area (Å²) >= 11 is 0. The Balaban J connectivity index is 3.01. The molecular formula is C14H23N5. The zero-order chi connectivity index (χ0) is 14.3. The van der Waals surface area contributed by atoms with Gasteiger partial charge in [-0.3, -0.25) is 0 Å². The van der Waals surface area contributed by atoms with E-state index in [1.807, 2.05) is 26.8 Å². The Bertz CT molecular complexity index is 438. The fraction of sp³-hybridized carbons (Fsp3) is 0.643. The highest BCUT2D eigenvalue weighted by Crippen LogP contribution is 2.17. The molecule has 0 aliphatic rings. The molecule has 0 bridgehead atoms. The van der Waals surface area contributed by atoms with E-state index in [2.05, 4.69) is 33.2 Å². The number of nitrogens with zero attached hydrogens (tertiary/aromatic N) is 4. The second-order valence-corrected chi connectivity index (χ2v) is 4.48. The van der Waals surface area contributed by atoms with Crippen molar-refractivity contribution >= 4 is 11.6 Å². The zero-order valence-corrected chi connectivity index (χ0v) is 12.3. The van der Waals surface area contributed by atoms with Gasteiger partial charge in [0.05, 0.1) is 12.0 Å². The summed E-state index contributed by atoms with van der Waals surface area (Å²) < 4.78 is 0. The van der Waals surface area contributed by atoms with Crippen molar-refractivity contribution in [3.8, 4) is 6.07 Å². The van der Waals surface area contributed by atoms with Gasteiger partial charge in [-0.25, -0.2) is 9.97 Å². The number of rotatable bonds is 7. The first-order valence-electron chi connectivity index (χ1n) is 6.90. The van der Waals surface area contributed by atoms with Gasteiger partial charge in [0.2, 0.25) is 0 Å². The fourth-order valence-electron chi connectivity index (χ4n) is 1.83. The first-order chi connectivity index (χ1) is 9.14. The zero-order valence-electron chi connectivity index (χ0n) is 12.3. The molecule has 5 nitrogen and oxygen atoms in total. The number of hydrogen-bond acceptors (Lipinski definition) is 5. The summed E-state index contributed by atoms with van der Waals surface area (Å²) in [6, 6.07) is 4.22. The summed E-state index contributed by atoms with van der Waals surface area (Å²) in [5.41, 5.74) is 0. The monoisotopic (exact) mass is 261 g/mol. The lowest BCUT2D eigenvalue weighted by molar-refractivity contribution is 0.676. The molecule has 0 saturated carbocycles. The summed E-state index contributed by atoms with van der Waals surface area (Å²) in [5, 5.41) is 12.2. The highest BCUT2D eigenvalue weighted by atomic mass is 15.2. The summed E-state index contributed by atoms with van der Waals surface area (Å²) in [5.74, 6) is 2.57. The molecule has 0 radical (unpaired) electrons. The van der Waals surface area contributed by atoms with Gasteiger partial charge in [-0.2, -0.15) is 5.26 Å². The van der Waals surface area contributed by atoms with Gasteiger partial charge in [0.1, 0.15) is 17.5 Å². The molecule has 1 atom stereocenters. The van der Waals surface area contributed by atoms with Crippen molar-refractivity contribution in [2.45, 2.75) is 34.1 Å². The molecule has 1 N–H and O–H groups in total. The average molecular weight is 261 g/mol. The van der Waals surface area contributed by atoms with Crippen LogP contribution in [0.4, 0.5) is 11.6 Å². The van der Waals surface area contributed by atoms with Gasteiger partial charge in [0.15, 0.2) is 0 Å². The molecule has 1 rings (SSSR count). The third-order valence-corrected chi connectivity index (χ3v) is 2.85. The minimum atomic E-state index is -0.0115. The Morgan fingerprint density at radius 2 is 2.11 bits per heavy atom. The fourth-order valence-corrected chi connectivity index (χ4v) is 1.83. The quantitative estimate of drug-likeness (QED) is 0.816. The Labute approximate surface area is 115 Å². The highest BCUT2D eigenvalue weighted by Gasteiger charge is 2.12. The lowest BCUT2D eigenvalue weighted by Crippen LogP contribution is -2.29. The minimum absolute atomic E-state index is 0.0115. The third kappa shape index (κ3) is 4.40. The van der Waals surface area contributed by atoms with E-state index < -0.39 is 0 Å². The van der Waals surface area contributed by atoms with Gasteiger partial charge >= 0.3 is 0 Å². The molecule has 0 saturated heterocycles. The molecule has 1 unspecified atom stereocenters. The molecule has 19 heavy (non-hydrogen) atoms. The van der Waals surface area contributed by atoms with Crippen LogP contribution in [0, 0.1) is 17.2 Å². The average Bonchev–Trinajstić information content (AvgIpc) is 2.44. The molecule has 1 aromatic rings. The van der Waals surface area contributed by atoms with Crippen LogP contribution in [0.2, 0.25) is 0 Å². The normalized spacial score (nSPS) is 11.7. The van der Waals surface area contributed by atoms with Crippen LogP contribution in [0.1, 0.15) is 33.5 Å². The smallest absolute Gasteiger partial charge is 0.134 e. The van der Waals surface area contributed by atoms with Gasteiger partial charge in [-0.05, 0) is 20.8 Å². The van der Waals surface area contributed by atoms with E-state index in [-0.39, 0.29) is 5.92 Å². The van der Waals surface area contributed by atoms with Crippen LogP contribution in [0.3, 0.4) is 0 Å². The molecule has 0 aliphatic carbocycles. The van der Waals surface area contributed by atoms with Gasteiger partial charge in [-0.15, -0.1) is 0 Å². The Morgan fingerprint density at radius 1 is 1.37 bits per heavy atom. The molecule has 0 aromatic carbocycles. The van der Waals surface area contributed by atoms with Gasteiger partial charge in [-0.1, -0.05) is 6.92 Å². The van der Waals surface area contributed by atoms with E-state index in [0.29, 0.717) is 6.54 Å². The van der Waals surface area contributed by atoms with Crippen molar-refractivity contribution in [3.05, 3.63) is 11.9 Å². The van der Waals surface area contributed by atoms with E-state index in [4.69, 9.17) is 5.26 Å². The second kappa shape index (κ2) is 7.57. The van der Waals surface area contributed by atoms with E-state index >= 15 is 0 Å². The topological polar surface area (TPSA) is 64.8 Å². The molecule has 0 amide bonds. The van der Waals surface area contributed by atoms with E-state index in [9.17, 15) is 0 Å². The molecule has 0 spiro atoms. The van der Waals surface area contributed by atoms with Crippen molar-refractivity contribution in [1.29, 1.82) is 5.26 Å². The number of anilines is 2. The summed E-state index contributed by atoms with van der Waals surface area (Å²) in [7, 11) is 0. The molecule has 104 valence electrons. The molecule has 5 heteroatoms. The number of hydrogen-bond donors (Lipinski definition) is 1. The van der Waals surface area contributed by atoms with Crippen molar-refractivity contribution in [2.75, 3.05) is 29.9 Å². The Hall–Kier alpha value is -1.83. The largest absolute Gasteiger partial charge is 0.370 e. The summed E-state index contributed by atoms with van der Waals surface area (Å²) in [6.45, 7) is 10.4. The number of nitrogens with one attached hydrogen (secondary N) is 1. The SMILES string of the molecule is CCNc1cc(N(CC)CC(C)C#N)nc(CC)n1. The minimum Gasteiger partial charge on any atom is -0.370 e. The maximum Gasteiger partial charge on any atom is 0.134 e. The van der Waals surface area contributed by atoms with E-state index in [1.54, 1.807) is 0 Å². The van der Waals surface area contributed by atoms with E-state index in [1.165, 1.54) is 0 Å². The van der Waals surface area contributed by atoms with Crippen LogP contribution in [0.5, 0.6) is 0 Å². The third-order valence-electron chi connectivity index (χ3n) is 2.85. The Kier molecular flexibility index (Phi) is 6.07. The van der Waals surface area contributed by atoms with Crippen LogP contribution in [-0.4, -0.2) is 29.6 Å². The van der Waals surface area contributed by atoms with Gasteiger partial charge in [0.25, 0.3) is 0 Å². The van der Waals surface area contributed by atoms with Crippen molar-refractivity contribution in [1.82, 2.24) is 9.97 Å². The molecule has 1 aromatic heterocycles. The van der Waals surface area contributed by atoms with Crippen LogP contribution in [0.25, 0.3) is 0 Å². The number of nitriles is 1. The van der Waals surface area contributed by atoms with Crippen LogP contribution >= 0.6 is 0 Å². The number of aromatic nitrogens is 2. The van der Waals surface area contributed by atoms with Crippen molar-refractivity contribution in [3.63, 3.8) is 0 Å². The Morgan fingerprint density at radius 3 is 2.63 bits per heavy atom. The molecule has 0 aliphatic heterocycles. The lowest BCUT2D eigenvalue weighted by atomic mass is 10.2. The number of aryl methyl sites for hydroxylation is 1. The highest BCUT2D eigenvalue weighted by molar-refractivity contribution is 5.49. The maximum absolute atomic E-state index is 8.94. The predicted molar refractivity (Wildman–Crippen MR) is 78.2 cm³/mol. The first kappa shape index (κ1) is 15.2. The molecule has 1 heterocycles. The molecule has 0 fully saturated rings. The van der Waals surface area contributed by atoms with Gasteiger partial charge in [0, 0.05) is 32.1 Å². The maximum atomic E-state index is 8.94. The summed E-state index contributed by atoms with van der Waals surface area (Å²) in [6.07, 6.45) is 0.803. The predicted octanol–water partition coefficient (Wildman–Crippen LogP) is 2.46. The van der Waals surface area contributed by atoms with Crippen LogP contribution in [-0.2, 0) is 6.42 Å². The summed E-state index contributed by atoms with van der Waals surface area (Å²) in [4.78, 5) is 11.1. The standard InChI is InChI=1S/C14H23N5/c1-5-12-17-13(16-6-2)8-14(18-12)19(7-3)10-11(4)9-15/h8,11H,5-7,10H2,1-4H3,(H,16,17,18). The van der Waals surface area contributed by atoms with Crippen molar-refractivity contribution < 1.29 is 0 Å². The van der Waals surface area contributed by atoms with Crippen molar-refractivity contribution in [2.24, 2.45) is 5.92 Å². The van der Waals surface area contributed by atoms with E-state index in [0.717, 1.165) is 37.0 Å². The first-order valence-corrected chi connectivity index (χ1v) is 6.90. The second-order valence-electron chi connectivity index (χ2n) is 4.48. The van der Waals surface area contributed by atoms with Gasteiger partial charge < -0.3 is 10.2 Å².